The van der Waals surface area contributed by atoms with E-state index >= 15 is 0 Å². The molecule has 0 aromatic rings. The maximum absolute atomic E-state index is 10.3. The zero-order valence-electron chi connectivity index (χ0n) is 7.42. The molecule has 0 heterocycles. The summed E-state index contributed by atoms with van der Waals surface area (Å²) < 4.78 is 0. The fraction of sp³-hybridized carbons (Fsp3) is 0.714. The van der Waals surface area contributed by atoms with Crippen LogP contribution in [-0.4, -0.2) is 49.7 Å². The summed E-state index contributed by atoms with van der Waals surface area (Å²) in [6, 6.07) is 0. The Morgan fingerprint density at radius 1 is 1.08 bits per heavy atom. The summed E-state index contributed by atoms with van der Waals surface area (Å²) in [6.07, 6.45) is 0. The number of aliphatic carboxylic acids is 2. The molecule has 64 valence electrons. The van der Waals surface area contributed by atoms with Crippen molar-refractivity contribution in [3.63, 3.8) is 0 Å². The molecular weight excluding hydrogens is 188 g/mol. The van der Waals surface area contributed by atoms with Gasteiger partial charge < -0.3 is 19.8 Å². The fourth-order valence-electron chi connectivity index (χ4n) is 0.803. The van der Waals surface area contributed by atoms with Crippen LogP contribution in [0.4, 0.5) is 0 Å². The molecule has 0 bridgehead atoms. The maximum Gasteiger partial charge on any atom is 2.00 e. The van der Waals surface area contributed by atoms with Crippen LogP contribution < -0.4 is 10.2 Å². The van der Waals surface area contributed by atoms with Crippen molar-refractivity contribution >= 4 is 49.7 Å². The van der Waals surface area contributed by atoms with Crippen LogP contribution in [0.3, 0.4) is 0 Å². The van der Waals surface area contributed by atoms with Gasteiger partial charge >= 0.3 is 37.7 Å². The first-order chi connectivity index (χ1) is 4.76. The third kappa shape index (κ3) is 4.28. The quantitative estimate of drug-likeness (QED) is 0.371. The van der Waals surface area contributed by atoms with Crippen molar-refractivity contribution in [2.45, 2.75) is 20.8 Å². The van der Waals surface area contributed by atoms with Crippen molar-refractivity contribution in [2.75, 3.05) is 0 Å². The molecule has 0 fully saturated rings. The summed E-state index contributed by atoms with van der Waals surface area (Å²) in [7, 11) is 0. The van der Waals surface area contributed by atoms with Gasteiger partial charge in [0.05, 0.1) is 11.9 Å². The van der Waals surface area contributed by atoms with Crippen LogP contribution >= 0.6 is 0 Å². The molecule has 0 aliphatic heterocycles. The van der Waals surface area contributed by atoms with Crippen molar-refractivity contribution in [3.8, 4) is 0 Å². The van der Waals surface area contributed by atoms with E-state index in [1.54, 1.807) is 0 Å². The summed E-state index contributed by atoms with van der Waals surface area (Å²) in [5, 5.41) is 20.5. The Morgan fingerprint density at radius 2 is 1.33 bits per heavy atom. The number of rotatable bonds is 2. The van der Waals surface area contributed by atoms with Crippen LogP contribution in [0.1, 0.15) is 20.8 Å². The van der Waals surface area contributed by atoms with Gasteiger partial charge in [0.1, 0.15) is 0 Å². The summed E-state index contributed by atoms with van der Waals surface area (Å²) in [6.45, 7) is 4.51. The number of hydrogen-bond acceptors (Lipinski definition) is 4. The normalized spacial score (nSPS) is 10.7. The van der Waals surface area contributed by atoms with Gasteiger partial charge in [0.25, 0.3) is 0 Å². The first kappa shape index (κ1) is 14.7. The van der Waals surface area contributed by atoms with E-state index in [-0.39, 0.29) is 37.7 Å². The van der Waals surface area contributed by atoms with Gasteiger partial charge in [-0.2, -0.15) is 0 Å². The summed E-state index contributed by atoms with van der Waals surface area (Å²) in [5.41, 5.74) is -0.863. The van der Waals surface area contributed by atoms with Gasteiger partial charge in [-0.1, -0.05) is 20.8 Å². The molecule has 0 aromatic heterocycles. The molecule has 0 aliphatic carbocycles. The second kappa shape index (κ2) is 5.04. The molecule has 0 aromatic carbocycles. The van der Waals surface area contributed by atoms with E-state index in [0.29, 0.717) is 0 Å². The van der Waals surface area contributed by atoms with E-state index in [1.807, 2.05) is 0 Å². The summed E-state index contributed by atoms with van der Waals surface area (Å²) in [4.78, 5) is 20.5. The van der Waals surface area contributed by atoms with Crippen molar-refractivity contribution in [1.29, 1.82) is 0 Å². The molecule has 0 aliphatic rings. The fourth-order valence-corrected chi connectivity index (χ4v) is 0.803. The molecule has 0 rings (SSSR count). The van der Waals surface area contributed by atoms with Crippen molar-refractivity contribution in [2.24, 2.45) is 11.3 Å². The zero-order valence-corrected chi connectivity index (χ0v) is 9.63. The number of carbonyl (C=O) groups excluding carboxylic acids is 2. The van der Waals surface area contributed by atoms with Crippen LogP contribution in [0.15, 0.2) is 0 Å². The van der Waals surface area contributed by atoms with Crippen LogP contribution in [0.25, 0.3) is 0 Å². The third-order valence-corrected chi connectivity index (χ3v) is 1.34. The Balaban J connectivity index is 0. The van der Waals surface area contributed by atoms with Crippen molar-refractivity contribution in [1.82, 2.24) is 0 Å². The largest absolute Gasteiger partial charge is 2.00 e. The minimum absolute atomic E-state index is 0. The van der Waals surface area contributed by atoms with Gasteiger partial charge in [-0.05, 0) is 5.41 Å². The van der Waals surface area contributed by atoms with Gasteiger partial charge in [0.2, 0.25) is 0 Å². The molecule has 0 spiro atoms. The standard InChI is InChI=1S/C7H12O4.Ca/c1-7(2,3)4(5(8)9)6(10)11;/h4H,1-3H3,(H,8,9)(H,10,11);/q;+2/p-2. The van der Waals surface area contributed by atoms with Crippen LogP contribution in [0.2, 0.25) is 0 Å². The second-order valence-electron chi connectivity index (χ2n) is 3.44. The van der Waals surface area contributed by atoms with Gasteiger partial charge in [-0.25, -0.2) is 0 Å². The first-order valence-electron chi connectivity index (χ1n) is 3.18. The first-order valence-corrected chi connectivity index (χ1v) is 3.18. The predicted octanol–water partition coefficient (Wildman–Crippen LogP) is -2.23. The third-order valence-electron chi connectivity index (χ3n) is 1.34. The molecule has 4 nitrogen and oxygen atoms in total. The molecular formula is C7H10CaO4. The Kier molecular flexibility index (Phi) is 6.18. The molecule has 0 saturated heterocycles. The molecule has 5 heteroatoms. The Morgan fingerprint density at radius 3 is 1.33 bits per heavy atom. The van der Waals surface area contributed by atoms with Crippen molar-refractivity contribution < 1.29 is 19.8 Å². The van der Waals surface area contributed by atoms with E-state index in [0.717, 1.165) is 0 Å². The Bertz CT molecular complexity index is 168. The minimum Gasteiger partial charge on any atom is -0.549 e. The van der Waals surface area contributed by atoms with E-state index in [4.69, 9.17) is 0 Å². The SMILES string of the molecule is CC(C)(C)C(C(=O)[O-])C(=O)[O-].[Ca+2]. The minimum atomic E-state index is -1.60. The molecule has 0 saturated carbocycles. The topological polar surface area (TPSA) is 80.3 Å². The number of carboxylic acid groups (broad SMARTS) is 2. The van der Waals surface area contributed by atoms with Gasteiger partial charge in [-0.3, -0.25) is 0 Å². The molecule has 0 amide bonds. The summed E-state index contributed by atoms with van der Waals surface area (Å²) in [5.74, 6) is -4.75. The average molecular weight is 198 g/mol. The van der Waals surface area contributed by atoms with Crippen LogP contribution in [0, 0.1) is 11.3 Å². The Hall–Kier alpha value is 0.200. The van der Waals surface area contributed by atoms with Gasteiger partial charge in [0, 0.05) is 5.92 Å². The molecule has 0 radical (unpaired) electrons. The van der Waals surface area contributed by atoms with E-state index in [9.17, 15) is 19.8 Å². The number of carboxylic acids is 2. The van der Waals surface area contributed by atoms with E-state index in [1.165, 1.54) is 20.8 Å². The Labute approximate surface area is 101 Å². The maximum atomic E-state index is 10.3. The zero-order chi connectivity index (χ0) is 9.23. The number of carbonyl (C=O) groups is 2. The smallest absolute Gasteiger partial charge is 0.549 e. The van der Waals surface area contributed by atoms with Crippen LogP contribution in [-0.2, 0) is 9.59 Å². The number of hydrogen-bond donors (Lipinski definition) is 0. The molecule has 0 atom stereocenters. The monoisotopic (exact) mass is 198 g/mol. The summed E-state index contributed by atoms with van der Waals surface area (Å²) >= 11 is 0. The van der Waals surface area contributed by atoms with E-state index in [2.05, 4.69) is 0 Å². The van der Waals surface area contributed by atoms with Crippen LogP contribution in [0.5, 0.6) is 0 Å². The van der Waals surface area contributed by atoms with E-state index < -0.39 is 23.3 Å². The second-order valence-corrected chi connectivity index (χ2v) is 3.44. The van der Waals surface area contributed by atoms with Crippen molar-refractivity contribution in [3.05, 3.63) is 0 Å². The molecule has 12 heavy (non-hydrogen) atoms. The van der Waals surface area contributed by atoms with Gasteiger partial charge in [-0.15, -0.1) is 0 Å². The average Bonchev–Trinajstić information content (AvgIpc) is 1.54. The van der Waals surface area contributed by atoms with Gasteiger partial charge in [0.15, 0.2) is 0 Å². The molecule has 0 unspecified atom stereocenters. The molecule has 0 N–H and O–H groups in total. The predicted molar refractivity (Wildman–Crippen MR) is 38.7 cm³/mol.